The maximum atomic E-state index is 12.8. The zero-order valence-corrected chi connectivity index (χ0v) is 14.2. The van der Waals surface area contributed by atoms with E-state index in [9.17, 15) is 9.59 Å². The molecule has 0 aromatic rings. The Hall–Kier alpha value is -1.30. The van der Waals surface area contributed by atoms with Crippen molar-refractivity contribution in [1.82, 2.24) is 20.0 Å². The molecule has 2 aliphatic rings. The van der Waals surface area contributed by atoms with Crippen molar-refractivity contribution in [2.75, 3.05) is 52.4 Å². The summed E-state index contributed by atoms with van der Waals surface area (Å²) in [5, 5.41) is 3.33. The van der Waals surface area contributed by atoms with Gasteiger partial charge in [-0.2, -0.15) is 0 Å². The molecule has 6 heteroatoms. The molecular formula is C16H30N4O2. The Balaban J connectivity index is 1.89. The molecule has 2 rings (SSSR count). The van der Waals surface area contributed by atoms with E-state index in [0.29, 0.717) is 26.2 Å². The summed E-state index contributed by atoms with van der Waals surface area (Å²) in [5.74, 6) is 0.245. The van der Waals surface area contributed by atoms with Gasteiger partial charge in [0.15, 0.2) is 0 Å². The van der Waals surface area contributed by atoms with Crippen LogP contribution in [0, 0.1) is 5.41 Å². The normalized spacial score (nSPS) is 26.0. The predicted molar refractivity (Wildman–Crippen MR) is 86.7 cm³/mol. The highest BCUT2D eigenvalue weighted by molar-refractivity contribution is 5.83. The number of piperidine rings is 1. The minimum absolute atomic E-state index is 0.0997. The molecule has 0 radical (unpaired) electrons. The first-order chi connectivity index (χ1) is 10.5. The van der Waals surface area contributed by atoms with Crippen LogP contribution in [0.5, 0.6) is 0 Å². The summed E-state index contributed by atoms with van der Waals surface area (Å²) >= 11 is 0. The van der Waals surface area contributed by atoms with Crippen molar-refractivity contribution < 1.29 is 9.59 Å². The van der Waals surface area contributed by atoms with E-state index in [1.807, 2.05) is 28.5 Å². The Morgan fingerprint density at radius 1 is 1.09 bits per heavy atom. The highest BCUT2D eigenvalue weighted by atomic mass is 16.2. The summed E-state index contributed by atoms with van der Waals surface area (Å²) in [6, 6.07) is 0.0997. The smallest absolute Gasteiger partial charge is 0.320 e. The first-order valence-corrected chi connectivity index (χ1v) is 8.55. The number of carbonyl (C=O) groups is 2. The van der Waals surface area contributed by atoms with E-state index in [2.05, 4.69) is 12.2 Å². The maximum absolute atomic E-state index is 12.8. The van der Waals surface area contributed by atoms with Crippen molar-refractivity contribution in [3.05, 3.63) is 0 Å². The Morgan fingerprint density at radius 2 is 1.68 bits per heavy atom. The lowest BCUT2D eigenvalue weighted by Crippen LogP contribution is -2.58. The Morgan fingerprint density at radius 3 is 2.18 bits per heavy atom. The average Bonchev–Trinajstić information content (AvgIpc) is 2.56. The largest absolute Gasteiger partial charge is 0.339 e. The van der Waals surface area contributed by atoms with Crippen molar-refractivity contribution in [2.45, 2.75) is 33.6 Å². The number of carbonyl (C=O) groups excluding carboxylic acids is 2. The van der Waals surface area contributed by atoms with Gasteiger partial charge in [0.25, 0.3) is 0 Å². The van der Waals surface area contributed by atoms with E-state index in [1.165, 1.54) is 0 Å². The number of amides is 3. The quantitative estimate of drug-likeness (QED) is 0.845. The van der Waals surface area contributed by atoms with Crippen LogP contribution in [-0.4, -0.2) is 79.0 Å². The minimum atomic E-state index is -0.275. The molecule has 3 amide bonds. The third-order valence-electron chi connectivity index (χ3n) is 4.98. The third kappa shape index (κ3) is 3.54. The summed E-state index contributed by atoms with van der Waals surface area (Å²) in [7, 11) is 0. The van der Waals surface area contributed by atoms with Crippen LogP contribution in [0.4, 0.5) is 4.79 Å². The lowest BCUT2D eigenvalue weighted by Gasteiger charge is -2.42. The van der Waals surface area contributed by atoms with Crippen molar-refractivity contribution in [1.29, 1.82) is 0 Å². The average molecular weight is 310 g/mol. The molecule has 0 aliphatic carbocycles. The molecule has 0 saturated carbocycles. The number of hydrogen-bond donors (Lipinski definition) is 1. The Bertz CT molecular complexity index is 395. The van der Waals surface area contributed by atoms with Crippen LogP contribution in [0.2, 0.25) is 0 Å². The summed E-state index contributed by atoms with van der Waals surface area (Å²) in [6.07, 6.45) is 2.01. The first kappa shape index (κ1) is 17.1. The van der Waals surface area contributed by atoms with Gasteiger partial charge in [-0.05, 0) is 40.2 Å². The highest BCUT2D eigenvalue weighted by Gasteiger charge is 2.39. The van der Waals surface area contributed by atoms with Crippen LogP contribution >= 0.6 is 0 Å². The van der Waals surface area contributed by atoms with Gasteiger partial charge in [-0.15, -0.1) is 0 Å². The summed E-state index contributed by atoms with van der Waals surface area (Å²) in [6.45, 7) is 11.9. The zero-order chi connectivity index (χ0) is 16.2. The van der Waals surface area contributed by atoms with Crippen LogP contribution in [0.15, 0.2) is 0 Å². The van der Waals surface area contributed by atoms with Gasteiger partial charge in [-0.25, -0.2) is 4.79 Å². The lowest BCUT2D eigenvalue weighted by atomic mass is 9.81. The molecule has 2 fully saturated rings. The fourth-order valence-corrected chi connectivity index (χ4v) is 3.42. The first-order valence-electron chi connectivity index (χ1n) is 8.55. The molecule has 2 saturated heterocycles. The van der Waals surface area contributed by atoms with E-state index in [4.69, 9.17) is 0 Å². The van der Waals surface area contributed by atoms with Gasteiger partial charge >= 0.3 is 6.03 Å². The molecule has 0 aromatic heterocycles. The number of piperazine rings is 1. The number of nitrogens with zero attached hydrogens (tertiary/aromatic N) is 3. The number of nitrogens with one attached hydrogen (secondary N) is 1. The monoisotopic (exact) mass is 310 g/mol. The number of rotatable bonds is 3. The molecule has 2 aliphatic heterocycles. The molecule has 22 heavy (non-hydrogen) atoms. The Labute approximate surface area is 133 Å². The van der Waals surface area contributed by atoms with Crippen LogP contribution in [0.3, 0.4) is 0 Å². The van der Waals surface area contributed by atoms with Gasteiger partial charge in [0.2, 0.25) is 5.91 Å². The molecule has 1 atom stereocenters. The maximum Gasteiger partial charge on any atom is 0.320 e. The van der Waals surface area contributed by atoms with Gasteiger partial charge in [-0.3, -0.25) is 4.79 Å². The molecule has 2 heterocycles. The van der Waals surface area contributed by atoms with Crippen LogP contribution < -0.4 is 5.32 Å². The number of hydrogen-bond acceptors (Lipinski definition) is 3. The minimum Gasteiger partial charge on any atom is -0.339 e. The molecule has 0 bridgehead atoms. The zero-order valence-electron chi connectivity index (χ0n) is 14.2. The van der Waals surface area contributed by atoms with Gasteiger partial charge in [0.05, 0.1) is 5.41 Å². The summed E-state index contributed by atoms with van der Waals surface area (Å²) in [4.78, 5) is 30.8. The van der Waals surface area contributed by atoms with Crippen molar-refractivity contribution in [2.24, 2.45) is 5.41 Å². The molecule has 1 unspecified atom stereocenters. The standard InChI is InChI=1S/C16H30N4O2/c1-4-18(5-2)15(22)20-11-9-19(10-12-20)14(21)16(3)7-6-8-17-13-16/h17H,4-13H2,1-3H3. The molecular weight excluding hydrogens is 280 g/mol. The molecule has 0 aromatic carbocycles. The summed E-state index contributed by atoms with van der Waals surface area (Å²) < 4.78 is 0. The van der Waals surface area contributed by atoms with Crippen LogP contribution in [0.25, 0.3) is 0 Å². The van der Waals surface area contributed by atoms with E-state index < -0.39 is 0 Å². The second-order valence-corrected chi connectivity index (χ2v) is 6.58. The van der Waals surface area contributed by atoms with E-state index in [-0.39, 0.29) is 17.4 Å². The van der Waals surface area contributed by atoms with Gasteiger partial charge in [0.1, 0.15) is 0 Å². The predicted octanol–water partition coefficient (Wildman–Crippen LogP) is 0.982. The Kier molecular flexibility index (Phi) is 5.67. The fourth-order valence-electron chi connectivity index (χ4n) is 3.42. The van der Waals surface area contributed by atoms with Crippen molar-refractivity contribution >= 4 is 11.9 Å². The third-order valence-corrected chi connectivity index (χ3v) is 4.98. The van der Waals surface area contributed by atoms with Crippen molar-refractivity contribution in [3.63, 3.8) is 0 Å². The second-order valence-electron chi connectivity index (χ2n) is 6.58. The summed E-state index contributed by atoms with van der Waals surface area (Å²) in [5.41, 5.74) is -0.275. The molecule has 0 spiro atoms. The second kappa shape index (κ2) is 7.31. The fraction of sp³-hybridized carbons (Fsp3) is 0.875. The topological polar surface area (TPSA) is 55.9 Å². The van der Waals surface area contributed by atoms with Gasteiger partial charge < -0.3 is 20.0 Å². The number of urea groups is 1. The molecule has 126 valence electrons. The highest BCUT2D eigenvalue weighted by Crippen LogP contribution is 2.28. The SMILES string of the molecule is CCN(CC)C(=O)N1CCN(C(=O)C2(C)CCCNC2)CC1. The molecule has 6 nitrogen and oxygen atoms in total. The van der Waals surface area contributed by atoms with Crippen LogP contribution in [0.1, 0.15) is 33.6 Å². The van der Waals surface area contributed by atoms with E-state index in [1.54, 1.807) is 0 Å². The van der Waals surface area contributed by atoms with Gasteiger partial charge in [-0.1, -0.05) is 0 Å². The van der Waals surface area contributed by atoms with E-state index in [0.717, 1.165) is 39.0 Å². The lowest BCUT2D eigenvalue weighted by molar-refractivity contribution is -0.143. The molecule has 1 N–H and O–H groups in total. The van der Waals surface area contributed by atoms with Crippen LogP contribution in [-0.2, 0) is 4.79 Å². The van der Waals surface area contributed by atoms with Crippen molar-refractivity contribution in [3.8, 4) is 0 Å². The van der Waals surface area contributed by atoms with E-state index >= 15 is 0 Å². The van der Waals surface area contributed by atoms with Gasteiger partial charge in [0, 0.05) is 45.8 Å².